The summed E-state index contributed by atoms with van der Waals surface area (Å²) in [4.78, 5) is 13.8. The Balaban J connectivity index is 3.32. The van der Waals surface area contributed by atoms with Crippen LogP contribution in [0.5, 0.6) is 5.75 Å². The number of pyridine rings is 1. The van der Waals surface area contributed by atoms with E-state index in [1.165, 1.54) is 7.11 Å². The van der Waals surface area contributed by atoms with Gasteiger partial charge in [-0.3, -0.25) is 4.79 Å². The molecule has 1 rings (SSSR count). The molecule has 0 atom stereocenters. The minimum absolute atomic E-state index is 0.0150. The maximum absolute atomic E-state index is 12.4. The monoisotopic (exact) mass is 202 g/mol. The Morgan fingerprint density at radius 1 is 1.64 bits per heavy atom. The third-order valence-electron chi connectivity index (χ3n) is 1.61. The first-order chi connectivity index (χ1) is 6.60. The van der Waals surface area contributed by atoms with Gasteiger partial charge in [-0.1, -0.05) is 0 Å². The van der Waals surface area contributed by atoms with E-state index in [2.05, 4.69) is 9.72 Å². The van der Waals surface area contributed by atoms with Crippen LogP contribution in [0.2, 0.25) is 0 Å². The van der Waals surface area contributed by atoms with Gasteiger partial charge in [0, 0.05) is 6.07 Å². The minimum atomic E-state index is -2.80. The lowest BCUT2D eigenvalue weighted by atomic mass is 10.2. The van der Waals surface area contributed by atoms with Gasteiger partial charge >= 0.3 is 0 Å². The molecule has 1 heterocycles. The summed E-state index contributed by atoms with van der Waals surface area (Å²) >= 11 is 0. The Hall–Kier alpha value is -1.72. The molecular weight excluding hydrogens is 194 g/mol. The number of hydrogen-bond acceptors (Lipinski definition) is 4. The first kappa shape index (κ1) is 10.4. The van der Waals surface area contributed by atoms with Crippen LogP contribution in [0.25, 0.3) is 0 Å². The molecule has 0 bridgehead atoms. The summed E-state index contributed by atoms with van der Waals surface area (Å²) in [5.74, 6) is -0.122. The Bertz CT molecular complexity index is 355. The van der Waals surface area contributed by atoms with Crippen LogP contribution in [0.4, 0.5) is 14.5 Å². The molecule has 0 fully saturated rings. The zero-order chi connectivity index (χ0) is 10.7. The molecule has 0 aliphatic carbocycles. The number of carbonyl (C=O) groups is 1. The van der Waals surface area contributed by atoms with E-state index in [-0.39, 0.29) is 17.1 Å². The van der Waals surface area contributed by atoms with Crippen LogP contribution in [0, 0.1) is 0 Å². The van der Waals surface area contributed by atoms with Gasteiger partial charge in [0.2, 0.25) is 0 Å². The van der Waals surface area contributed by atoms with Gasteiger partial charge in [-0.25, -0.2) is 13.8 Å². The van der Waals surface area contributed by atoms with E-state index in [1.807, 2.05) is 0 Å². The summed E-state index contributed by atoms with van der Waals surface area (Å²) in [7, 11) is 1.23. The molecule has 2 N–H and O–H groups in total. The quantitative estimate of drug-likeness (QED) is 0.753. The molecule has 0 unspecified atom stereocenters. The number of halogens is 2. The lowest BCUT2D eigenvalue weighted by molar-refractivity contribution is 0.111. The Kier molecular flexibility index (Phi) is 2.95. The largest absolute Gasteiger partial charge is 0.495 e. The van der Waals surface area contributed by atoms with Crippen molar-refractivity contribution in [3.63, 3.8) is 0 Å². The maximum atomic E-state index is 12.4. The lowest BCUT2D eigenvalue weighted by Crippen LogP contribution is -2.03. The molecule has 0 radical (unpaired) electrons. The molecule has 6 heteroatoms. The van der Waals surface area contributed by atoms with Gasteiger partial charge in [-0.15, -0.1) is 0 Å². The van der Waals surface area contributed by atoms with Crippen molar-refractivity contribution in [3.05, 3.63) is 17.5 Å². The average Bonchev–Trinajstić information content (AvgIpc) is 2.16. The Labute approximate surface area is 78.7 Å². The molecule has 76 valence electrons. The number of hydrogen-bond donors (Lipinski definition) is 1. The van der Waals surface area contributed by atoms with Crippen molar-refractivity contribution < 1.29 is 18.3 Å². The normalized spacial score (nSPS) is 10.3. The highest BCUT2D eigenvalue weighted by molar-refractivity contribution is 5.81. The summed E-state index contributed by atoms with van der Waals surface area (Å²) in [6, 6.07) is 1.15. The molecule has 0 spiro atoms. The second kappa shape index (κ2) is 3.99. The van der Waals surface area contributed by atoms with Crippen LogP contribution in [0.15, 0.2) is 6.07 Å². The Morgan fingerprint density at radius 2 is 2.29 bits per heavy atom. The highest BCUT2D eigenvalue weighted by Gasteiger charge is 2.18. The first-order valence-electron chi connectivity index (χ1n) is 3.68. The highest BCUT2D eigenvalue weighted by atomic mass is 19.3. The number of rotatable bonds is 3. The first-order valence-corrected chi connectivity index (χ1v) is 3.68. The maximum Gasteiger partial charge on any atom is 0.284 e. The summed E-state index contributed by atoms with van der Waals surface area (Å²) in [5, 5.41) is 0. The van der Waals surface area contributed by atoms with Crippen molar-refractivity contribution in [2.45, 2.75) is 6.43 Å². The van der Waals surface area contributed by atoms with Crippen molar-refractivity contribution in [1.82, 2.24) is 4.98 Å². The van der Waals surface area contributed by atoms with Crippen LogP contribution < -0.4 is 10.5 Å². The van der Waals surface area contributed by atoms with Gasteiger partial charge in [-0.05, 0) is 0 Å². The van der Waals surface area contributed by atoms with E-state index in [9.17, 15) is 13.6 Å². The smallest absolute Gasteiger partial charge is 0.284 e. The highest BCUT2D eigenvalue weighted by Crippen LogP contribution is 2.29. The number of nitrogen functional groups attached to an aromatic ring is 1. The number of methoxy groups -OCH3 is 1. The number of aldehydes is 1. The van der Waals surface area contributed by atoms with Crippen molar-refractivity contribution in [1.29, 1.82) is 0 Å². The van der Waals surface area contributed by atoms with E-state index in [0.29, 0.717) is 6.29 Å². The predicted octanol–water partition coefficient (Wildman–Crippen LogP) is 1.42. The molecule has 0 aromatic carbocycles. The molecule has 0 aliphatic rings. The van der Waals surface area contributed by atoms with Crippen LogP contribution >= 0.6 is 0 Å². The molecule has 1 aromatic rings. The third kappa shape index (κ3) is 1.78. The summed E-state index contributed by atoms with van der Waals surface area (Å²) in [6.07, 6.45) is -2.48. The number of aromatic nitrogens is 1. The van der Waals surface area contributed by atoms with E-state index >= 15 is 0 Å². The molecule has 14 heavy (non-hydrogen) atoms. The SMILES string of the molecule is COc1cc(N)c(C=O)nc1C(F)F. The number of ether oxygens (including phenoxy) is 1. The second-order valence-corrected chi connectivity index (χ2v) is 2.47. The van der Waals surface area contributed by atoms with Crippen LogP contribution in [-0.2, 0) is 0 Å². The van der Waals surface area contributed by atoms with Crippen molar-refractivity contribution in [2.24, 2.45) is 0 Å². The lowest BCUT2D eigenvalue weighted by Gasteiger charge is -2.08. The van der Waals surface area contributed by atoms with E-state index in [0.717, 1.165) is 6.07 Å². The fraction of sp³-hybridized carbons (Fsp3) is 0.250. The fourth-order valence-electron chi connectivity index (χ4n) is 0.953. The predicted molar refractivity (Wildman–Crippen MR) is 45.5 cm³/mol. The number of alkyl halides is 2. The molecular formula is C8H8F2N2O2. The number of anilines is 1. The zero-order valence-corrected chi connectivity index (χ0v) is 7.33. The van der Waals surface area contributed by atoms with Gasteiger partial charge < -0.3 is 10.5 Å². The Morgan fingerprint density at radius 3 is 2.71 bits per heavy atom. The zero-order valence-electron chi connectivity index (χ0n) is 7.33. The summed E-state index contributed by atoms with van der Waals surface area (Å²) < 4.78 is 29.4. The number of nitrogens with two attached hydrogens (primary N) is 1. The van der Waals surface area contributed by atoms with Crippen LogP contribution in [0.3, 0.4) is 0 Å². The van der Waals surface area contributed by atoms with Gasteiger partial charge in [0.05, 0.1) is 12.8 Å². The average molecular weight is 202 g/mol. The summed E-state index contributed by atoms with van der Waals surface area (Å²) in [6.45, 7) is 0. The van der Waals surface area contributed by atoms with Gasteiger partial charge in [0.1, 0.15) is 17.1 Å². The van der Waals surface area contributed by atoms with Gasteiger partial charge in [0.15, 0.2) is 6.29 Å². The third-order valence-corrected chi connectivity index (χ3v) is 1.61. The number of carbonyl (C=O) groups excluding carboxylic acids is 1. The summed E-state index contributed by atoms with van der Waals surface area (Å²) in [5.41, 5.74) is 4.59. The van der Waals surface area contributed by atoms with Crippen LogP contribution in [-0.4, -0.2) is 18.4 Å². The fourth-order valence-corrected chi connectivity index (χ4v) is 0.953. The van der Waals surface area contributed by atoms with Crippen molar-refractivity contribution >= 4 is 12.0 Å². The number of nitrogens with zero attached hydrogens (tertiary/aromatic N) is 1. The molecule has 0 saturated heterocycles. The van der Waals surface area contributed by atoms with Crippen molar-refractivity contribution in [3.8, 4) is 5.75 Å². The molecule has 1 aromatic heterocycles. The van der Waals surface area contributed by atoms with Crippen molar-refractivity contribution in [2.75, 3.05) is 12.8 Å². The molecule has 0 aliphatic heterocycles. The standard InChI is InChI=1S/C8H8F2N2O2/c1-14-6-2-4(11)5(3-13)12-7(6)8(9)10/h2-3,8H,11H2,1H3. The minimum Gasteiger partial charge on any atom is -0.495 e. The molecule has 4 nitrogen and oxygen atoms in total. The second-order valence-electron chi connectivity index (χ2n) is 2.47. The van der Waals surface area contributed by atoms with E-state index in [1.54, 1.807) is 0 Å². The molecule has 0 saturated carbocycles. The van der Waals surface area contributed by atoms with E-state index in [4.69, 9.17) is 5.73 Å². The topological polar surface area (TPSA) is 65.2 Å². The van der Waals surface area contributed by atoms with E-state index < -0.39 is 12.1 Å². The van der Waals surface area contributed by atoms with Crippen LogP contribution in [0.1, 0.15) is 22.6 Å². The molecule has 0 amide bonds. The van der Waals surface area contributed by atoms with Gasteiger partial charge in [-0.2, -0.15) is 0 Å². The van der Waals surface area contributed by atoms with Gasteiger partial charge in [0.25, 0.3) is 6.43 Å².